The largest absolute Gasteiger partial charge is 0.388 e. The number of hydrogen-bond acceptors (Lipinski definition) is 5. The fraction of sp³-hybridized carbons (Fsp3) is 0.357. The third kappa shape index (κ3) is 2.55. The normalized spacial score (nSPS) is 16.4. The molecule has 3 rings (SSSR count). The summed E-state index contributed by atoms with van der Waals surface area (Å²) in [7, 11) is 0. The number of carbonyl (C=O) groups excluding carboxylic acids is 1. The van der Waals surface area contributed by atoms with Crippen LogP contribution in [0, 0.1) is 0 Å². The van der Waals surface area contributed by atoms with Crippen LogP contribution in [0.25, 0.3) is 11.3 Å². The monoisotopic (exact) mass is 273 g/mol. The second-order valence-corrected chi connectivity index (χ2v) is 5.08. The highest BCUT2D eigenvalue weighted by Gasteiger charge is 2.34. The number of carbonyl (C=O) groups is 1. The Morgan fingerprint density at radius 1 is 1.50 bits per heavy atom. The Morgan fingerprint density at radius 3 is 3.00 bits per heavy atom. The van der Waals surface area contributed by atoms with E-state index in [1.807, 2.05) is 6.07 Å². The Kier molecular flexibility index (Phi) is 3.23. The van der Waals surface area contributed by atoms with Gasteiger partial charge in [0, 0.05) is 30.6 Å². The molecule has 1 aliphatic rings. The molecule has 1 fully saturated rings. The van der Waals surface area contributed by atoms with Crippen LogP contribution in [0.4, 0.5) is 0 Å². The van der Waals surface area contributed by atoms with Crippen LogP contribution in [0.15, 0.2) is 35.1 Å². The molecule has 2 aromatic heterocycles. The molecule has 1 amide bonds. The van der Waals surface area contributed by atoms with Crippen molar-refractivity contribution in [3.8, 4) is 11.3 Å². The number of rotatable bonds is 4. The summed E-state index contributed by atoms with van der Waals surface area (Å²) in [6.45, 7) is 0.251. The molecule has 2 N–H and O–H groups in total. The Bertz CT molecular complexity index is 605. The lowest BCUT2D eigenvalue weighted by molar-refractivity contribution is -0.0301. The molecule has 0 saturated heterocycles. The number of aliphatic hydroxyl groups is 1. The summed E-state index contributed by atoms with van der Waals surface area (Å²) in [6, 6.07) is 5.17. The zero-order valence-corrected chi connectivity index (χ0v) is 10.9. The van der Waals surface area contributed by atoms with Crippen molar-refractivity contribution < 1.29 is 14.4 Å². The van der Waals surface area contributed by atoms with E-state index < -0.39 is 5.60 Å². The van der Waals surface area contributed by atoms with Gasteiger partial charge in [-0.25, -0.2) is 0 Å². The minimum absolute atomic E-state index is 0.201. The van der Waals surface area contributed by atoms with E-state index in [0.717, 1.165) is 24.8 Å². The maximum atomic E-state index is 11.9. The molecule has 2 heterocycles. The quantitative estimate of drug-likeness (QED) is 0.878. The predicted octanol–water partition coefficient (Wildman–Crippen LogP) is 1.38. The molecule has 0 bridgehead atoms. The van der Waals surface area contributed by atoms with Crippen LogP contribution in [-0.4, -0.2) is 33.3 Å². The summed E-state index contributed by atoms with van der Waals surface area (Å²) in [5, 5.41) is 16.3. The Labute approximate surface area is 115 Å². The number of nitrogens with zero attached hydrogens (tertiary/aromatic N) is 2. The first kappa shape index (κ1) is 12.8. The zero-order chi connectivity index (χ0) is 14.0. The molecule has 0 spiro atoms. The van der Waals surface area contributed by atoms with E-state index in [2.05, 4.69) is 15.5 Å². The minimum atomic E-state index is -0.744. The average molecular weight is 273 g/mol. The van der Waals surface area contributed by atoms with E-state index >= 15 is 0 Å². The SMILES string of the molecule is O=C(NCC1(O)CCC1)c1cc(-c2cccnc2)on1. The topological polar surface area (TPSA) is 88.2 Å². The van der Waals surface area contributed by atoms with Gasteiger partial charge in [-0.15, -0.1) is 0 Å². The second-order valence-electron chi connectivity index (χ2n) is 5.08. The van der Waals surface area contributed by atoms with Crippen molar-refractivity contribution in [3.05, 3.63) is 36.3 Å². The summed E-state index contributed by atoms with van der Waals surface area (Å²) in [5.74, 6) is 0.148. The summed E-state index contributed by atoms with van der Waals surface area (Å²) in [5.41, 5.74) is 0.217. The van der Waals surface area contributed by atoms with E-state index in [1.54, 1.807) is 24.5 Å². The molecule has 2 aromatic rings. The second kappa shape index (κ2) is 5.05. The van der Waals surface area contributed by atoms with Gasteiger partial charge in [-0.1, -0.05) is 5.16 Å². The lowest BCUT2D eigenvalue weighted by Crippen LogP contribution is -2.47. The highest BCUT2D eigenvalue weighted by Crippen LogP contribution is 2.30. The van der Waals surface area contributed by atoms with E-state index in [0.29, 0.717) is 5.76 Å². The lowest BCUT2D eigenvalue weighted by Gasteiger charge is -2.36. The van der Waals surface area contributed by atoms with Gasteiger partial charge in [-0.2, -0.15) is 0 Å². The first-order chi connectivity index (χ1) is 9.66. The van der Waals surface area contributed by atoms with Gasteiger partial charge in [0.2, 0.25) is 0 Å². The summed E-state index contributed by atoms with van der Waals surface area (Å²) in [6.07, 6.45) is 5.76. The van der Waals surface area contributed by atoms with Crippen molar-refractivity contribution in [2.45, 2.75) is 24.9 Å². The Hall–Kier alpha value is -2.21. The molecule has 20 heavy (non-hydrogen) atoms. The predicted molar refractivity (Wildman–Crippen MR) is 70.9 cm³/mol. The van der Waals surface area contributed by atoms with E-state index in [9.17, 15) is 9.90 Å². The van der Waals surface area contributed by atoms with Crippen molar-refractivity contribution in [1.29, 1.82) is 0 Å². The molecule has 0 atom stereocenters. The van der Waals surface area contributed by atoms with Crippen molar-refractivity contribution in [2.24, 2.45) is 0 Å². The van der Waals surface area contributed by atoms with Crippen molar-refractivity contribution in [3.63, 3.8) is 0 Å². The van der Waals surface area contributed by atoms with Crippen LogP contribution in [-0.2, 0) is 0 Å². The summed E-state index contributed by atoms with van der Waals surface area (Å²) in [4.78, 5) is 15.9. The molecule has 0 unspecified atom stereocenters. The van der Waals surface area contributed by atoms with E-state index in [4.69, 9.17) is 4.52 Å². The third-order valence-electron chi connectivity index (χ3n) is 3.55. The Balaban J connectivity index is 1.66. The maximum absolute atomic E-state index is 11.9. The number of pyridine rings is 1. The van der Waals surface area contributed by atoms with Gasteiger partial charge in [0.05, 0.1) is 5.60 Å². The average Bonchev–Trinajstić information content (AvgIpc) is 2.93. The fourth-order valence-electron chi connectivity index (χ4n) is 2.12. The van der Waals surface area contributed by atoms with Crippen molar-refractivity contribution >= 4 is 5.91 Å². The van der Waals surface area contributed by atoms with Crippen LogP contribution >= 0.6 is 0 Å². The van der Waals surface area contributed by atoms with E-state index in [1.165, 1.54) is 0 Å². The first-order valence-corrected chi connectivity index (χ1v) is 6.54. The smallest absolute Gasteiger partial charge is 0.273 e. The van der Waals surface area contributed by atoms with Gasteiger partial charge in [0.1, 0.15) is 0 Å². The lowest BCUT2D eigenvalue weighted by atomic mass is 9.80. The molecule has 104 valence electrons. The standard InChI is InChI=1S/C14H15N3O3/c18-13(16-9-14(19)4-2-5-14)11-7-12(20-17-11)10-3-1-6-15-8-10/h1,3,6-8,19H,2,4-5,9H2,(H,16,18). The molecule has 0 radical (unpaired) electrons. The number of amides is 1. The van der Waals surface area contributed by atoms with Crippen LogP contribution in [0.1, 0.15) is 29.8 Å². The van der Waals surface area contributed by atoms with Crippen LogP contribution < -0.4 is 5.32 Å². The van der Waals surface area contributed by atoms with Gasteiger partial charge in [0.15, 0.2) is 11.5 Å². The van der Waals surface area contributed by atoms with Gasteiger partial charge in [-0.3, -0.25) is 9.78 Å². The summed E-state index contributed by atoms with van der Waals surface area (Å²) < 4.78 is 5.13. The van der Waals surface area contributed by atoms with Gasteiger partial charge in [0.25, 0.3) is 5.91 Å². The minimum Gasteiger partial charge on any atom is -0.388 e. The number of nitrogens with one attached hydrogen (secondary N) is 1. The highest BCUT2D eigenvalue weighted by molar-refractivity contribution is 5.93. The molecule has 1 aliphatic carbocycles. The van der Waals surface area contributed by atoms with Crippen molar-refractivity contribution in [1.82, 2.24) is 15.5 Å². The number of aromatic nitrogens is 2. The first-order valence-electron chi connectivity index (χ1n) is 6.54. The zero-order valence-electron chi connectivity index (χ0n) is 10.9. The maximum Gasteiger partial charge on any atom is 0.273 e. The molecular weight excluding hydrogens is 258 g/mol. The van der Waals surface area contributed by atoms with Crippen molar-refractivity contribution in [2.75, 3.05) is 6.54 Å². The highest BCUT2D eigenvalue weighted by atomic mass is 16.5. The van der Waals surface area contributed by atoms with Crippen LogP contribution in [0.3, 0.4) is 0 Å². The molecule has 6 nitrogen and oxygen atoms in total. The Morgan fingerprint density at radius 2 is 2.35 bits per heavy atom. The van der Waals surface area contributed by atoms with Gasteiger partial charge in [-0.05, 0) is 31.4 Å². The third-order valence-corrected chi connectivity index (χ3v) is 3.55. The molecule has 0 aliphatic heterocycles. The number of hydrogen-bond donors (Lipinski definition) is 2. The molecule has 1 saturated carbocycles. The van der Waals surface area contributed by atoms with Crippen LogP contribution in [0.5, 0.6) is 0 Å². The summed E-state index contributed by atoms with van der Waals surface area (Å²) >= 11 is 0. The molecule has 6 heteroatoms. The van der Waals surface area contributed by atoms with Crippen LogP contribution in [0.2, 0.25) is 0 Å². The van der Waals surface area contributed by atoms with Gasteiger partial charge < -0.3 is 14.9 Å². The molecule has 0 aromatic carbocycles. The molecular formula is C14H15N3O3. The fourth-order valence-corrected chi connectivity index (χ4v) is 2.12. The van der Waals surface area contributed by atoms with Gasteiger partial charge >= 0.3 is 0 Å². The van der Waals surface area contributed by atoms with E-state index in [-0.39, 0.29) is 18.1 Å².